The third-order valence-electron chi connectivity index (χ3n) is 3.78. The van der Waals surface area contributed by atoms with Crippen molar-refractivity contribution in [2.45, 2.75) is 24.9 Å². The zero-order chi connectivity index (χ0) is 16.9. The SMILES string of the molecule is CC(C=O)(C/C=C\c1ccc(C(F)(F)F)cc1)c1ccccc1. The van der Waals surface area contributed by atoms with Crippen LogP contribution in [0.5, 0.6) is 0 Å². The summed E-state index contributed by atoms with van der Waals surface area (Å²) >= 11 is 0. The van der Waals surface area contributed by atoms with Gasteiger partial charge in [0.2, 0.25) is 0 Å². The molecule has 0 heterocycles. The van der Waals surface area contributed by atoms with Crippen LogP contribution in [0.25, 0.3) is 6.08 Å². The van der Waals surface area contributed by atoms with Gasteiger partial charge in [0.05, 0.1) is 11.0 Å². The highest BCUT2D eigenvalue weighted by Crippen LogP contribution is 2.29. The van der Waals surface area contributed by atoms with Crippen LogP contribution >= 0.6 is 0 Å². The maximum Gasteiger partial charge on any atom is 0.416 e. The molecule has 0 saturated carbocycles. The Kier molecular flexibility index (Phi) is 5.04. The molecule has 2 aromatic rings. The third kappa shape index (κ3) is 4.31. The molecule has 0 bridgehead atoms. The van der Waals surface area contributed by atoms with Gasteiger partial charge >= 0.3 is 6.18 Å². The number of carbonyl (C=O) groups is 1. The Hall–Kier alpha value is -2.36. The van der Waals surface area contributed by atoms with Crippen molar-refractivity contribution in [2.75, 3.05) is 0 Å². The number of carbonyl (C=O) groups excluding carboxylic acids is 1. The number of benzene rings is 2. The second-order valence-corrected chi connectivity index (χ2v) is 5.63. The van der Waals surface area contributed by atoms with Crippen molar-refractivity contribution in [3.63, 3.8) is 0 Å². The second kappa shape index (κ2) is 6.82. The highest BCUT2D eigenvalue weighted by atomic mass is 19.4. The third-order valence-corrected chi connectivity index (χ3v) is 3.78. The maximum atomic E-state index is 12.5. The Bertz CT molecular complexity index is 672. The number of alkyl halides is 3. The predicted octanol–water partition coefficient (Wildman–Crippen LogP) is 5.27. The molecule has 0 spiro atoms. The van der Waals surface area contributed by atoms with Crippen LogP contribution < -0.4 is 0 Å². The normalized spacial score (nSPS) is 14.6. The molecule has 0 fully saturated rings. The zero-order valence-electron chi connectivity index (χ0n) is 12.7. The fourth-order valence-electron chi connectivity index (χ4n) is 2.28. The molecule has 0 saturated heterocycles. The lowest BCUT2D eigenvalue weighted by Gasteiger charge is -2.21. The van der Waals surface area contributed by atoms with Gasteiger partial charge in [0.25, 0.3) is 0 Å². The minimum Gasteiger partial charge on any atom is -0.302 e. The monoisotopic (exact) mass is 318 g/mol. The number of hydrogen-bond donors (Lipinski definition) is 0. The lowest BCUT2D eigenvalue weighted by atomic mass is 9.81. The minimum atomic E-state index is -4.33. The average Bonchev–Trinajstić information content (AvgIpc) is 2.55. The molecule has 120 valence electrons. The summed E-state index contributed by atoms with van der Waals surface area (Å²) in [5.41, 5.74) is 0.256. The van der Waals surface area contributed by atoms with Crippen LogP contribution in [0.15, 0.2) is 60.7 Å². The lowest BCUT2D eigenvalue weighted by molar-refractivity contribution is -0.137. The molecule has 0 aromatic heterocycles. The largest absolute Gasteiger partial charge is 0.416 e. The smallest absolute Gasteiger partial charge is 0.302 e. The quantitative estimate of drug-likeness (QED) is 0.687. The Morgan fingerprint density at radius 2 is 1.52 bits per heavy atom. The van der Waals surface area contributed by atoms with E-state index in [1.165, 1.54) is 12.1 Å². The molecule has 0 aliphatic carbocycles. The number of rotatable bonds is 5. The first-order chi connectivity index (χ1) is 10.8. The van der Waals surface area contributed by atoms with Crippen LogP contribution in [0.1, 0.15) is 30.0 Å². The molecule has 2 rings (SSSR count). The minimum absolute atomic E-state index is 0.474. The number of aldehydes is 1. The number of halogens is 3. The van der Waals surface area contributed by atoms with Gasteiger partial charge in [0.15, 0.2) is 0 Å². The summed E-state index contributed by atoms with van der Waals surface area (Å²) in [5.74, 6) is 0. The van der Waals surface area contributed by atoms with Crippen molar-refractivity contribution in [3.8, 4) is 0 Å². The van der Waals surface area contributed by atoms with Gasteiger partial charge in [-0.05, 0) is 36.6 Å². The van der Waals surface area contributed by atoms with E-state index in [1.807, 2.05) is 43.3 Å². The predicted molar refractivity (Wildman–Crippen MR) is 85.0 cm³/mol. The molecule has 0 amide bonds. The number of hydrogen-bond acceptors (Lipinski definition) is 1. The molecule has 0 radical (unpaired) electrons. The molecule has 1 nitrogen and oxygen atoms in total. The van der Waals surface area contributed by atoms with E-state index in [0.717, 1.165) is 24.0 Å². The van der Waals surface area contributed by atoms with Crippen LogP contribution in [-0.4, -0.2) is 6.29 Å². The fourth-order valence-corrected chi connectivity index (χ4v) is 2.28. The standard InChI is InChI=1S/C19H17F3O/c1-18(14-23,16-7-3-2-4-8-16)13-5-6-15-9-11-17(12-10-15)19(20,21)22/h2-12,14H,13H2,1H3/b6-5-. The summed E-state index contributed by atoms with van der Waals surface area (Å²) in [6.45, 7) is 1.84. The molecular formula is C19H17F3O. The van der Waals surface area contributed by atoms with E-state index in [9.17, 15) is 18.0 Å². The van der Waals surface area contributed by atoms with E-state index in [4.69, 9.17) is 0 Å². The summed E-state index contributed by atoms with van der Waals surface area (Å²) in [6, 6.07) is 14.3. The Morgan fingerprint density at radius 1 is 0.913 bits per heavy atom. The van der Waals surface area contributed by atoms with Crippen molar-refractivity contribution in [1.82, 2.24) is 0 Å². The van der Waals surface area contributed by atoms with Gasteiger partial charge < -0.3 is 4.79 Å². The van der Waals surface area contributed by atoms with Gasteiger partial charge in [-0.3, -0.25) is 0 Å². The van der Waals surface area contributed by atoms with Gasteiger partial charge in [-0.1, -0.05) is 54.6 Å². The van der Waals surface area contributed by atoms with Gasteiger partial charge in [0, 0.05) is 0 Å². The maximum absolute atomic E-state index is 12.5. The van der Waals surface area contributed by atoms with Crippen molar-refractivity contribution in [2.24, 2.45) is 0 Å². The lowest BCUT2D eigenvalue weighted by Crippen LogP contribution is -2.22. The van der Waals surface area contributed by atoms with E-state index in [-0.39, 0.29) is 0 Å². The van der Waals surface area contributed by atoms with Crippen LogP contribution in [0.3, 0.4) is 0 Å². The van der Waals surface area contributed by atoms with Gasteiger partial charge in [-0.15, -0.1) is 0 Å². The van der Waals surface area contributed by atoms with Crippen LogP contribution in [-0.2, 0) is 16.4 Å². The molecule has 4 heteroatoms. The van der Waals surface area contributed by atoms with Gasteiger partial charge in [0.1, 0.15) is 6.29 Å². The summed E-state index contributed by atoms with van der Waals surface area (Å²) in [4.78, 5) is 11.5. The van der Waals surface area contributed by atoms with Crippen LogP contribution in [0.2, 0.25) is 0 Å². The first-order valence-corrected chi connectivity index (χ1v) is 7.21. The van der Waals surface area contributed by atoms with E-state index < -0.39 is 17.2 Å². The Balaban J connectivity index is 2.10. The van der Waals surface area contributed by atoms with Crippen molar-refractivity contribution < 1.29 is 18.0 Å². The van der Waals surface area contributed by atoms with Crippen LogP contribution in [0.4, 0.5) is 13.2 Å². The van der Waals surface area contributed by atoms with Crippen molar-refractivity contribution in [1.29, 1.82) is 0 Å². The molecule has 0 N–H and O–H groups in total. The first-order valence-electron chi connectivity index (χ1n) is 7.21. The molecule has 2 aromatic carbocycles. The van der Waals surface area contributed by atoms with E-state index in [1.54, 1.807) is 6.08 Å². The van der Waals surface area contributed by atoms with Gasteiger partial charge in [-0.2, -0.15) is 13.2 Å². The molecular weight excluding hydrogens is 301 g/mol. The van der Waals surface area contributed by atoms with E-state index in [0.29, 0.717) is 12.0 Å². The van der Waals surface area contributed by atoms with Gasteiger partial charge in [-0.25, -0.2) is 0 Å². The summed E-state index contributed by atoms with van der Waals surface area (Å²) in [6.07, 6.45) is 0.585. The highest BCUT2D eigenvalue weighted by molar-refractivity contribution is 5.68. The zero-order valence-corrected chi connectivity index (χ0v) is 12.7. The van der Waals surface area contributed by atoms with Crippen molar-refractivity contribution in [3.05, 3.63) is 77.4 Å². The second-order valence-electron chi connectivity index (χ2n) is 5.63. The first kappa shape index (κ1) is 17.0. The highest BCUT2D eigenvalue weighted by Gasteiger charge is 2.29. The average molecular weight is 318 g/mol. The molecule has 1 unspecified atom stereocenters. The van der Waals surface area contributed by atoms with Crippen LogP contribution in [0, 0.1) is 0 Å². The summed E-state index contributed by atoms with van der Waals surface area (Å²) in [5, 5.41) is 0. The van der Waals surface area contributed by atoms with E-state index >= 15 is 0 Å². The topological polar surface area (TPSA) is 17.1 Å². The number of allylic oxidation sites excluding steroid dienone is 1. The van der Waals surface area contributed by atoms with E-state index in [2.05, 4.69) is 0 Å². The molecule has 23 heavy (non-hydrogen) atoms. The summed E-state index contributed by atoms with van der Waals surface area (Å²) < 4.78 is 37.5. The summed E-state index contributed by atoms with van der Waals surface area (Å²) in [7, 11) is 0. The Labute approximate surface area is 133 Å². The molecule has 0 aliphatic heterocycles. The fraction of sp³-hybridized carbons (Fsp3) is 0.211. The molecule has 0 aliphatic rings. The Morgan fingerprint density at radius 3 is 2.04 bits per heavy atom. The van der Waals surface area contributed by atoms with Crippen molar-refractivity contribution >= 4 is 12.4 Å². The molecule has 1 atom stereocenters.